The van der Waals surface area contributed by atoms with Gasteiger partial charge in [-0.3, -0.25) is 19.3 Å². The molecular formula is C33H42N4O5. The van der Waals surface area contributed by atoms with Gasteiger partial charge in [-0.2, -0.15) is 0 Å². The molecule has 0 saturated carbocycles. The van der Waals surface area contributed by atoms with Gasteiger partial charge in [0.05, 0.1) is 17.3 Å². The first-order chi connectivity index (χ1) is 19.9. The molecule has 2 aromatic carbocycles. The number of rotatable bonds is 10. The van der Waals surface area contributed by atoms with E-state index in [2.05, 4.69) is 10.3 Å². The minimum absolute atomic E-state index is 0.161. The van der Waals surface area contributed by atoms with E-state index in [1.807, 2.05) is 88.4 Å². The van der Waals surface area contributed by atoms with Crippen molar-refractivity contribution in [1.29, 1.82) is 0 Å². The lowest BCUT2D eigenvalue weighted by Gasteiger charge is -2.41. The van der Waals surface area contributed by atoms with Gasteiger partial charge in [0.25, 0.3) is 5.91 Å². The molecule has 42 heavy (non-hydrogen) atoms. The van der Waals surface area contributed by atoms with Gasteiger partial charge in [0, 0.05) is 12.1 Å². The summed E-state index contributed by atoms with van der Waals surface area (Å²) in [5, 5.41) is 14.2. The van der Waals surface area contributed by atoms with Gasteiger partial charge in [-0.25, -0.2) is 4.99 Å². The summed E-state index contributed by atoms with van der Waals surface area (Å²) < 4.78 is 5.70. The van der Waals surface area contributed by atoms with Gasteiger partial charge in [-0.05, 0) is 37.3 Å². The molecule has 0 radical (unpaired) electrons. The minimum atomic E-state index is -1.18. The van der Waals surface area contributed by atoms with Crippen LogP contribution in [0.4, 0.5) is 0 Å². The summed E-state index contributed by atoms with van der Waals surface area (Å²) in [4.78, 5) is 48.4. The Morgan fingerprint density at radius 2 is 1.67 bits per heavy atom. The molecule has 224 valence electrons. The lowest BCUT2D eigenvalue weighted by Crippen LogP contribution is -2.58. The smallest absolute Gasteiger partial charge is 0.250 e. The average Bonchev–Trinajstić information content (AvgIpc) is 3.32. The molecule has 2 aliphatic rings. The predicted molar refractivity (Wildman–Crippen MR) is 162 cm³/mol. The van der Waals surface area contributed by atoms with Gasteiger partial charge in [-0.15, -0.1) is 0 Å². The van der Waals surface area contributed by atoms with E-state index in [1.54, 1.807) is 20.0 Å². The Hall–Kier alpha value is -3.98. The third kappa shape index (κ3) is 7.07. The number of nitrogens with zero attached hydrogens (tertiary/aromatic N) is 3. The van der Waals surface area contributed by atoms with E-state index < -0.39 is 29.6 Å². The summed E-state index contributed by atoms with van der Waals surface area (Å²) in [6, 6.07) is 17.3. The van der Waals surface area contributed by atoms with Gasteiger partial charge in [0.2, 0.25) is 17.7 Å². The van der Waals surface area contributed by atoms with Gasteiger partial charge in [-0.1, -0.05) is 88.4 Å². The monoisotopic (exact) mass is 574 g/mol. The van der Waals surface area contributed by atoms with E-state index in [4.69, 9.17) is 4.74 Å². The van der Waals surface area contributed by atoms with Gasteiger partial charge < -0.3 is 20.1 Å². The van der Waals surface area contributed by atoms with Crippen LogP contribution in [0.25, 0.3) is 5.70 Å². The Bertz CT molecular complexity index is 1340. The zero-order chi connectivity index (χ0) is 30.6. The first-order valence-electron chi connectivity index (χ1n) is 14.5. The maximum Gasteiger partial charge on any atom is 0.250 e. The van der Waals surface area contributed by atoms with Crippen LogP contribution in [-0.4, -0.2) is 75.4 Å². The van der Waals surface area contributed by atoms with Crippen molar-refractivity contribution in [1.82, 2.24) is 15.1 Å². The van der Waals surface area contributed by atoms with Crippen molar-refractivity contribution in [3.8, 4) is 0 Å². The fourth-order valence-corrected chi connectivity index (χ4v) is 5.23. The maximum atomic E-state index is 14.0. The van der Waals surface area contributed by atoms with Crippen LogP contribution in [0, 0.1) is 11.8 Å². The number of hydrogen-bond acceptors (Lipinski definition) is 6. The summed E-state index contributed by atoms with van der Waals surface area (Å²) in [7, 11) is 0. The molecule has 0 aliphatic carbocycles. The summed E-state index contributed by atoms with van der Waals surface area (Å²) >= 11 is 0. The topological polar surface area (TPSA) is 112 Å². The van der Waals surface area contributed by atoms with Crippen molar-refractivity contribution in [3.05, 3.63) is 78.0 Å². The molecule has 2 unspecified atom stereocenters. The lowest BCUT2D eigenvalue weighted by molar-refractivity contribution is -0.147. The van der Waals surface area contributed by atoms with Gasteiger partial charge in [0.15, 0.2) is 0 Å². The van der Waals surface area contributed by atoms with Crippen molar-refractivity contribution >= 4 is 29.3 Å². The number of aliphatic imine (C=N–C) groups is 1. The number of aliphatic hydroxyl groups is 1. The van der Waals surface area contributed by atoms with Crippen LogP contribution >= 0.6 is 0 Å². The molecule has 9 heteroatoms. The van der Waals surface area contributed by atoms with Crippen LogP contribution in [0.3, 0.4) is 0 Å². The SMILES string of the molecule is CC(C)C(=O)N1C=C(c2ccccc2)N(CC(=O)N[C@@H](Cc2ccccc2)C(O)C2=NC(C)(C)CO2)C(=O)C1C(C)C. The highest BCUT2D eigenvalue weighted by Gasteiger charge is 2.42. The molecule has 4 rings (SSSR count). The second kappa shape index (κ2) is 12.9. The number of aliphatic hydroxyl groups excluding tert-OH is 1. The number of nitrogens with one attached hydrogen (secondary N) is 1. The Balaban J connectivity index is 1.65. The van der Waals surface area contributed by atoms with E-state index in [9.17, 15) is 19.5 Å². The quantitative estimate of drug-likeness (QED) is 0.450. The molecule has 2 heterocycles. The number of amides is 3. The third-order valence-corrected chi connectivity index (χ3v) is 7.39. The standard InChI is InChI=1S/C33H42N4O5/c1-21(2)28-32(41)36(26(24-15-11-8-12-16-24)18-37(28)31(40)22(3)4)19-27(38)34-25(17-23-13-9-7-10-14-23)29(39)30-35-33(5,6)20-42-30/h7-16,18,21-22,25,28-29,39H,17,19-20H2,1-6H3,(H,34,38)/t25-,28?,29?/m0/s1. The van der Waals surface area contributed by atoms with Crippen LogP contribution in [0.5, 0.6) is 0 Å². The highest BCUT2D eigenvalue weighted by Crippen LogP contribution is 2.31. The first kappa shape index (κ1) is 31.0. The first-order valence-corrected chi connectivity index (χ1v) is 14.5. The van der Waals surface area contributed by atoms with Crippen LogP contribution in [0.1, 0.15) is 52.7 Å². The Labute approximate surface area is 248 Å². The zero-order valence-electron chi connectivity index (χ0n) is 25.3. The summed E-state index contributed by atoms with van der Waals surface area (Å²) in [6.07, 6.45) is 0.841. The van der Waals surface area contributed by atoms with E-state index >= 15 is 0 Å². The molecule has 0 spiro atoms. The van der Waals surface area contributed by atoms with E-state index in [-0.39, 0.29) is 36.1 Å². The van der Waals surface area contributed by atoms with E-state index in [0.717, 1.165) is 5.56 Å². The van der Waals surface area contributed by atoms with Crippen molar-refractivity contribution in [2.75, 3.05) is 13.2 Å². The van der Waals surface area contributed by atoms with Crippen molar-refractivity contribution in [3.63, 3.8) is 0 Å². The van der Waals surface area contributed by atoms with Crippen LogP contribution in [-0.2, 0) is 25.5 Å². The van der Waals surface area contributed by atoms with Gasteiger partial charge >= 0.3 is 0 Å². The van der Waals surface area contributed by atoms with Crippen molar-refractivity contribution in [2.24, 2.45) is 16.8 Å². The van der Waals surface area contributed by atoms with Gasteiger partial charge in [0.1, 0.15) is 25.3 Å². The summed E-state index contributed by atoms with van der Waals surface area (Å²) in [5.74, 6) is -1.26. The number of hydrogen-bond donors (Lipinski definition) is 2. The summed E-state index contributed by atoms with van der Waals surface area (Å²) in [5.41, 5.74) is 1.62. The van der Waals surface area contributed by atoms with Crippen LogP contribution < -0.4 is 5.32 Å². The molecule has 0 fully saturated rings. The molecule has 2 aliphatic heterocycles. The molecule has 2 N–H and O–H groups in total. The number of ether oxygens (including phenoxy) is 1. The second-order valence-corrected chi connectivity index (χ2v) is 12.3. The molecule has 0 saturated heterocycles. The molecular weight excluding hydrogens is 532 g/mol. The largest absolute Gasteiger partial charge is 0.476 e. The van der Waals surface area contributed by atoms with Crippen molar-refractivity contribution in [2.45, 2.75) is 71.7 Å². The number of carbonyl (C=O) groups is 3. The molecule has 2 aromatic rings. The third-order valence-electron chi connectivity index (χ3n) is 7.39. The Kier molecular flexibility index (Phi) is 9.51. The second-order valence-electron chi connectivity index (χ2n) is 12.3. The van der Waals surface area contributed by atoms with E-state index in [1.165, 1.54) is 9.80 Å². The molecule has 3 amide bonds. The Morgan fingerprint density at radius 1 is 1.05 bits per heavy atom. The fourth-order valence-electron chi connectivity index (χ4n) is 5.23. The average molecular weight is 575 g/mol. The van der Waals surface area contributed by atoms with Crippen LogP contribution in [0.2, 0.25) is 0 Å². The highest BCUT2D eigenvalue weighted by molar-refractivity contribution is 6.00. The Morgan fingerprint density at radius 3 is 2.21 bits per heavy atom. The molecule has 9 nitrogen and oxygen atoms in total. The van der Waals surface area contributed by atoms with E-state index in [0.29, 0.717) is 24.3 Å². The van der Waals surface area contributed by atoms with Crippen LogP contribution in [0.15, 0.2) is 71.9 Å². The molecule has 3 atom stereocenters. The lowest BCUT2D eigenvalue weighted by atomic mass is 9.95. The highest BCUT2D eigenvalue weighted by atomic mass is 16.5. The number of benzene rings is 2. The molecule has 0 aromatic heterocycles. The maximum absolute atomic E-state index is 14.0. The summed E-state index contributed by atoms with van der Waals surface area (Å²) in [6.45, 7) is 11.3. The number of carbonyl (C=O) groups excluding carboxylic acids is 3. The molecule has 0 bridgehead atoms. The predicted octanol–water partition coefficient (Wildman–Crippen LogP) is 3.63. The van der Waals surface area contributed by atoms with Crippen molar-refractivity contribution < 1.29 is 24.2 Å². The zero-order valence-corrected chi connectivity index (χ0v) is 25.3. The minimum Gasteiger partial charge on any atom is -0.476 e. The normalized spacial score (nSPS) is 19.7. The fraction of sp³-hybridized carbons (Fsp3) is 0.455.